The number of aromatic nitrogens is 1. The maximum absolute atomic E-state index is 6.09. The van der Waals surface area contributed by atoms with Crippen LogP contribution in [0.1, 0.15) is 10.4 Å². The van der Waals surface area contributed by atoms with Crippen molar-refractivity contribution in [3.63, 3.8) is 0 Å². The van der Waals surface area contributed by atoms with E-state index in [0.717, 1.165) is 28.5 Å². The van der Waals surface area contributed by atoms with Gasteiger partial charge in [0.1, 0.15) is 0 Å². The Morgan fingerprint density at radius 3 is 3.20 bits per heavy atom. The summed E-state index contributed by atoms with van der Waals surface area (Å²) in [6.45, 7) is 2.89. The Labute approximate surface area is 96.9 Å². The molecule has 0 fully saturated rings. The molecule has 2 nitrogen and oxygen atoms in total. The lowest BCUT2D eigenvalue weighted by Crippen LogP contribution is -2.08. The summed E-state index contributed by atoms with van der Waals surface area (Å²) < 4.78 is 0. The second-order valence-corrected chi connectivity index (χ2v) is 4.92. The number of nitrogens with one attached hydrogen (secondary N) is 1. The number of thiazole rings is 1. The Kier molecular flexibility index (Phi) is 1.97. The molecule has 0 amide bonds. The summed E-state index contributed by atoms with van der Waals surface area (Å²) in [6.07, 6.45) is 0. The first-order valence-corrected chi connectivity index (χ1v) is 5.99. The number of hydrogen-bond acceptors (Lipinski definition) is 3. The zero-order valence-electron chi connectivity index (χ0n) is 8.17. The Hall–Kier alpha value is -1.06. The summed E-state index contributed by atoms with van der Waals surface area (Å²) in [4.78, 5) is 5.70. The Morgan fingerprint density at radius 2 is 2.33 bits per heavy atom. The molecule has 1 aromatic heterocycles. The fourth-order valence-electron chi connectivity index (χ4n) is 1.90. The van der Waals surface area contributed by atoms with Crippen LogP contribution in [-0.2, 0) is 6.54 Å². The number of halogens is 1. The van der Waals surface area contributed by atoms with Crippen molar-refractivity contribution in [2.24, 2.45) is 0 Å². The quantitative estimate of drug-likeness (QED) is 0.755. The van der Waals surface area contributed by atoms with Crippen molar-refractivity contribution in [1.29, 1.82) is 0 Å². The number of nitrogens with zero attached hydrogens (tertiary/aromatic N) is 1. The van der Waals surface area contributed by atoms with Gasteiger partial charge in [0.15, 0.2) is 0 Å². The van der Waals surface area contributed by atoms with Crippen LogP contribution in [0.3, 0.4) is 0 Å². The van der Waals surface area contributed by atoms with E-state index in [2.05, 4.69) is 10.3 Å². The van der Waals surface area contributed by atoms with Crippen LogP contribution in [-0.4, -0.2) is 4.98 Å². The molecule has 76 valence electrons. The minimum absolute atomic E-state index is 0.805. The Balaban J connectivity index is 2.31. The zero-order chi connectivity index (χ0) is 10.4. The number of anilines is 1. The van der Waals surface area contributed by atoms with Crippen molar-refractivity contribution in [2.45, 2.75) is 13.5 Å². The Morgan fingerprint density at radius 1 is 1.47 bits per heavy atom. The smallest absolute Gasteiger partial charge is 0.0882 e. The molecule has 0 unspecified atom stereocenters. The SMILES string of the molecule is Cc1c(Cl)ccc2c1NCc1scnc1-2. The lowest BCUT2D eigenvalue weighted by Gasteiger charge is -2.20. The highest BCUT2D eigenvalue weighted by molar-refractivity contribution is 7.10. The molecule has 0 spiro atoms. The van der Waals surface area contributed by atoms with Gasteiger partial charge in [0.25, 0.3) is 0 Å². The molecule has 2 heterocycles. The first-order chi connectivity index (χ1) is 7.27. The lowest BCUT2D eigenvalue weighted by molar-refractivity contribution is 1.14. The summed E-state index contributed by atoms with van der Waals surface area (Å²) >= 11 is 7.78. The topological polar surface area (TPSA) is 24.9 Å². The molecule has 15 heavy (non-hydrogen) atoms. The molecule has 3 rings (SSSR count). The van der Waals surface area contributed by atoms with Crippen LogP contribution in [0.25, 0.3) is 11.3 Å². The van der Waals surface area contributed by atoms with Gasteiger partial charge in [-0.3, -0.25) is 0 Å². The van der Waals surface area contributed by atoms with E-state index in [0.29, 0.717) is 0 Å². The minimum atomic E-state index is 0.805. The molecule has 1 aromatic carbocycles. The van der Waals surface area contributed by atoms with Crippen LogP contribution >= 0.6 is 22.9 Å². The van der Waals surface area contributed by atoms with Gasteiger partial charge in [-0.2, -0.15) is 0 Å². The lowest BCUT2D eigenvalue weighted by atomic mass is 10.0. The summed E-state index contributed by atoms with van der Waals surface area (Å²) in [5.74, 6) is 0. The fourth-order valence-corrected chi connectivity index (χ4v) is 2.77. The monoisotopic (exact) mass is 236 g/mol. The molecule has 1 aliphatic rings. The van der Waals surface area contributed by atoms with Gasteiger partial charge in [-0.25, -0.2) is 4.98 Å². The van der Waals surface area contributed by atoms with Gasteiger partial charge in [-0.05, 0) is 24.6 Å². The molecule has 1 aliphatic heterocycles. The molecular weight excluding hydrogens is 228 g/mol. The number of rotatable bonds is 0. The van der Waals surface area contributed by atoms with Crippen LogP contribution in [0, 0.1) is 6.92 Å². The van der Waals surface area contributed by atoms with E-state index >= 15 is 0 Å². The van der Waals surface area contributed by atoms with Crippen LogP contribution in [0.4, 0.5) is 5.69 Å². The van der Waals surface area contributed by atoms with Crippen LogP contribution in [0.5, 0.6) is 0 Å². The van der Waals surface area contributed by atoms with E-state index in [1.54, 1.807) is 11.3 Å². The molecule has 0 saturated carbocycles. The fraction of sp³-hybridized carbons (Fsp3) is 0.182. The summed E-state index contributed by atoms with van der Waals surface area (Å²) in [5, 5.41) is 4.21. The van der Waals surface area contributed by atoms with Gasteiger partial charge in [0.2, 0.25) is 0 Å². The molecule has 4 heteroatoms. The van der Waals surface area contributed by atoms with Gasteiger partial charge in [-0.1, -0.05) is 11.6 Å². The van der Waals surface area contributed by atoms with E-state index in [4.69, 9.17) is 11.6 Å². The van der Waals surface area contributed by atoms with E-state index in [-0.39, 0.29) is 0 Å². The second-order valence-electron chi connectivity index (χ2n) is 3.57. The van der Waals surface area contributed by atoms with Crippen molar-refractivity contribution < 1.29 is 0 Å². The highest BCUT2D eigenvalue weighted by atomic mass is 35.5. The standard InChI is InChI=1S/C11H9ClN2S/c1-6-8(12)3-2-7-10(6)13-4-9-11(7)14-5-15-9/h2-3,5,13H,4H2,1H3. The maximum Gasteiger partial charge on any atom is 0.0882 e. The van der Waals surface area contributed by atoms with E-state index < -0.39 is 0 Å². The maximum atomic E-state index is 6.09. The highest BCUT2D eigenvalue weighted by Crippen LogP contribution is 2.40. The van der Waals surface area contributed by atoms with Crippen molar-refractivity contribution in [3.05, 3.63) is 33.1 Å². The van der Waals surface area contributed by atoms with Crippen LogP contribution in [0.15, 0.2) is 17.6 Å². The summed E-state index contributed by atoms with van der Waals surface area (Å²) in [6, 6.07) is 3.97. The van der Waals surface area contributed by atoms with Crippen LogP contribution in [0.2, 0.25) is 5.02 Å². The predicted octanol–water partition coefficient (Wildman–Crippen LogP) is 3.70. The van der Waals surface area contributed by atoms with Crippen molar-refractivity contribution in [1.82, 2.24) is 4.98 Å². The third-order valence-electron chi connectivity index (χ3n) is 2.72. The molecule has 0 bridgehead atoms. The summed E-state index contributed by atoms with van der Waals surface area (Å²) in [5.41, 5.74) is 6.40. The molecule has 2 aromatic rings. The summed E-state index contributed by atoms with van der Waals surface area (Å²) in [7, 11) is 0. The second kappa shape index (κ2) is 3.22. The van der Waals surface area contributed by atoms with E-state index in [1.165, 1.54) is 10.4 Å². The third-order valence-corrected chi connectivity index (χ3v) is 3.96. The average Bonchev–Trinajstić information content (AvgIpc) is 2.71. The first-order valence-electron chi connectivity index (χ1n) is 4.73. The molecule has 0 atom stereocenters. The van der Waals surface area contributed by atoms with E-state index in [9.17, 15) is 0 Å². The molecule has 0 saturated heterocycles. The van der Waals surface area contributed by atoms with Gasteiger partial charge in [-0.15, -0.1) is 11.3 Å². The molecular formula is C11H9ClN2S. The van der Waals surface area contributed by atoms with Gasteiger partial charge in [0, 0.05) is 16.3 Å². The first kappa shape index (κ1) is 9.19. The normalized spacial score (nSPS) is 12.9. The highest BCUT2D eigenvalue weighted by Gasteiger charge is 2.20. The molecule has 0 aliphatic carbocycles. The number of fused-ring (bicyclic) bond motifs is 3. The number of hydrogen-bond donors (Lipinski definition) is 1. The van der Waals surface area contributed by atoms with E-state index in [1.807, 2.05) is 24.6 Å². The van der Waals surface area contributed by atoms with Gasteiger partial charge < -0.3 is 5.32 Å². The van der Waals surface area contributed by atoms with Crippen molar-refractivity contribution >= 4 is 28.6 Å². The minimum Gasteiger partial charge on any atom is -0.379 e. The molecule has 1 N–H and O–H groups in total. The van der Waals surface area contributed by atoms with Crippen molar-refractivity contribution in [2.75, 3.05) is 5.32 Å². The largest absolute Gasteiger partial charge is 0.379 e. The molecule has 0 radical (unpaired) electrons. The van der Waals surface area contributed by atoms with Crippen LogP contribution < -0.4 is 5.32 Å². The third kappa shape index (κ3) is 1.27. The predicted molar refractivity (Wildman–Crippen MR) is 64.6 cm³/mol. The van der Waals surface area contributed by atoms with Gasteiger partial charge in [0.05, 0.1) is 22.6 Å². The zero-order valence-corrected chi connectivity index (χ0v) is 9.75. The van der Waals surface area contributed by atoms with Crippen molar-refractivity contribution in [3.8, 4) is 11.3 Å². The number of benzene rings is 1. The average molecular weight is 237 g/mol. The van der Waals surface area contributed by atoms with Gasteiger partial charge >= 0.3 is 0 Å². The Bertz CT molecular complexity index is 533.